The maximum atomic E-state index is 13.2. The lowest BCUT2D eigenvalue weighted by Crippen LogP contribution is -2.54. The number of amides is 5. The lowest BCUT2D eigenvalue weighted by molar-refractivity contribution is -0.136. The van der Waals surface area contributed by atoms with Crippen LogP contribution in [0.15, 0.2) is 18.2 Å². The number of carbonyl (C=O) groups is 5. The SMILES string of the molecule is CC(C)OCCOCCOCCOCCOCCOCCOCCOCCOCCOCCOCCOCCOCCCCCC(=O)Nc1cccc2c1C(=O)N(C1CCC(=O)NC1=O)C2=O. The van der Waals surface area contributed by atoms with E-state index in [4.69, 9.17) is 61.6 Å². The lowest BCUT2D eigenvalue weighted by atomic mass is 10.0. The summed E-state index contributed by atoms with van der Waals surface area (Å²) in [6, 6.07) is 3.53. The second-order valence-electron chi connectivity index (χ2n) is 15.3. The first-order valence-electron chi connectivity index (χ1n) is 23.5. The van der Waals surface area contributed by atoms with Crippen LogP contribution in [-0.2, 0) is 76.0 Å². The minimum Gasteiger partial charge on any atom is -0.379 e. The number of nitrogens with zero attached hydrogens (tertiary/aromatic N) is 1. The normalized spacial score (nSPS) is 15.0. The van der Waals surface area contributed by atoms with Gasteiger partial charge >= 0.3 is 0 Å². The van der Waals surface area contributed by atoms with Gasteiger partial charge in [0.2, 0.25) is 17.7 Å². The summed E-state index contributed by atoms with van der Waals surface area (Å²) in [6.07, 6.45) is 2.65. The van der Waals surface area contributed by atoms with Crippen molar-refractivity contribution in [3.63, 3.8) is 0 Å². The third-order valence-electron chi connectivity index (χ3n) is 9.71. The molecule has 2 heterocycles. The van der Waals surface area contributed by atoms with Crippen LogP contribution >= 0.6 is 0 Å². The van der Waals surface area contributed by atoms with Crippen molar-refractivity contribution in [2.45, 2.75) is 64.5 Å². The molecule has 382 valence electrons. The molecule has 1 atom stereocenters. The van der Waals surface area contributed by atoms with Crippen LogP contribution in [0, 0.1) is 0 Å². The maximum absolute atomic E-state index is 13.2. The van der Waals surface area contributed by atoms with E-state index in [-0.39, 0.29) is 48.1 Å². The van der Waals surface area contributed by atoms with Crippen LogP contribution in [0.3, 0.4) is 0 Å². The van der Waals surface area contributed by atoms with E-state index in [2.05, 4.69) is 10.6 Å². The molecule has 3 rings (SSSR count). The molecule has 2 N–H and O–H groups in total. The minimum absolute atomic E-state index is 0.0261. The number of nitrogens with one attached hydrogen (secondary N) is 2. The number of anilines is 1. The van der Waals surface area contributed by atoms with E-state index in [9.17, 15) is 24.0 Å². The number of rotatable bonds is 45. The summed E-state index contributed by atoms with van der Waals surface area (Å²) in [5, 5.41) is 4.91. The summed E-state index contributed by atoms with van der Waals surface area (Å²) in [5.41, 5.74) is 0.376. The summed E-state index contributed by atoms with van der Waals surface area (Å²) < 4.78 is 71.4. The Morgan fingerprint density at radius 1 is 0.552 bits per heavy atom. The van der Waals surface area contributed by atoms with Crippen LogP contribution in [0.1, 0.15) is 73.1 Å². The Morgan fingerprint density at radius 2 is 0.955 bits per heavy atom. The fraction of sp³-hybridized carbons (Fsp3) is 0.761. The molecular formula is C46H75N3O18. The Labute approximate surface area is 394 Å². The van der Waals surface area contributed by atoms with E-state index in [0.717, 1.165) is 17.7 Å². The van der Waals surface area contributed by atoms with Crippen molar-refractivity contribution in [3.8, 4) is 0 Å². The number of imide groups is 2. The van der Waals surface area contributed by atoms with Gasteiger partial charge in [-0.2, -0.15) is 0 Å². The zero-order chi connectivity index (χ0) is 48.0. The molecule has 0 spiro atoms. The number of carbonyl (C=O) groups excluding carboxylic acids is 5. The number of piperidine rings is 1. The maximum Gasteiger partial charge on any atom is 0.264 e. The summed E-state index contributed by atoms with van der Waals surface area (Å²) >= 11 is 0. The Kier molecular flexibility index (Phi) is 33.0. The van der Waals surface area contributed by atoms with Crippen LogP contribution < -0.4 is 10.6 Å². The molecule has 0 radical (unpaired) electrons. The average molecular weight is 958 g/mol. The summed E-state index contributed by atoms with van der Waals surface area (Å²) in [7, 11) is 0. The van der Waals surface area contributed by atoms with Crippen molar-refractivity contribution in [2.75, 3.05) is 170 Å². The smallest absolute Gasteiger partial charge is 0.264 e. The fourth-order valence-electron chi connectivity index (χ4n) is 6.36. The van der Waals surface area contributed by atoms with Crippen LogP contribution in [-0.4, -0.2) is 212 Å². The van der Waals surface area contributed by atoms with Gasteiger partial charge < -0.3 is 66.9 Å². The number of hydrogen-bond donors (Lipinski definition) is 2. The number of fused-ring (bicyclic) bond motifs is 1. The molecule has 21 nitrogen and oxygen atoms in total. The quantitative estimate of drug-likeness (QED) is 0.0705. The molecule has 5 amide bonds. The lowest BCUT2D eigenvalue weighted by Gasteiger charge is -2.27. The molecule has 1 aromatic carbocycles. The molecule has 2 aliphatic rings. The number of ether oxygens (including phenoxy) is 13. The minimum atomic E-state index is -1.08. The van der Waals surface area contributed by atoms with Gasteiger partial charge in [-0.1, -0.05) is 12.5 Å². The van der Waals surface area contributed by atoms with E-state index in [1.54, 1.807) is 12.1 Å². The van der Waals surface area contributed by atoms with Gasteiger partial charge in [0.25, 0.3) is 11.8 Å². The summed E-state index contributed by atoms with van der Waals surface area (Å²) in [5.74, 6) is -2.72. The Hall–Kier alpha value is -3.55. The first-order chi connectivity index (χ1) is 32.8. The van der Waals surface area contributed by atoms with Gasteiger partial charge in [-0.3, -0.25) is 34.2 Å². The molecule has 1 aromatic rings. The van der Waals surface area contributed by atoms with Crippen molar-refractivity contribution < 1.29 is 85.6 Å². The van der Waals surface area contributed by atoms with Gasteiger partial charge in [0.15, 0.2) is 0 Å². The predicted octanol–water partition coefficient (Wildman–Crippen LogP) is 2.21. The molecular weight excluding hydrogens is 883 g/mol. The molecule has 0 aliphatic carbocycles. The summed E-state index contributed by atoms with van der Waals surface area (Å²) in [4.78, 5) is 63.6. The van der Waals surface area contributed by atoms with Gasteiger partial charge in [0.05, 0.1) is 181 Å². The topological polar surface area (TPSA) is 233 Å². The molecule has 0 aromatic heterocycles. The largest absolute Gasteiger partial charge is 0.379 e. The third-order valence-corrected chi connectivity index (χ3v) is 9.71. The molecule has 0 saturated carbocycles. The fourth-order valence-corrected chi connectivity index (χ4v) is 6.36. The average Bonchev–Trinajstić information content (AvgIpc) is 3.56. The van der Waals surface area contributed by atoms with Crippen LogP contribution in [0.25, 0.3) is 0 Å². The van der Waals surface area contributed by atoms with Crippen molar-refractivity contribution in [2.24, 2.45) is 0 Å². The highest BCUT2D eigenvalue weighted by atomic mass is 16.6. The van der Waals surface area contributed by atoms with Gasteiger partial charge in [-0.15, -0.1) is 0 Å². The molecule has 1 saturated heterocycles. The first kappa shape index (κ1) is 57.8. The Bertz CT molecular complexity index is 1520. The number of hydrogen-bond acceptors (Lipinski definition) is 18. The number of unbranched alkanes of at least 4 members (excludes halogenated alkanes) is 2. The van der Waals surface area contributed by atoms with E-state index in [1.165, 1.54) is 6.07 Å². The Morgan fingerprint density at radius 3 is 1.36 bits per heavy atom. The highest BCUT2D eigenvalue weighted by molar-refractivity contribution is 6.26. The molecule has 1 unspecified atom stereocenters. The highest BCUT2D eigenvalue weighted by Gasteiger charge is 2.45. The number of benzene rings is 1. The van der Waals surface area contributed by atoms with Gasteiger partial charge in [-0.05, 0) is 45.2 Å². The molecule has 2 aliphatic heterocycles. The van der Waals surface area contributed by atoms with Crippen LogP contribution in [0.4, 0.5) is 5.69 Å². The second kappa shape index (κ2) is 38.3. The Balaban J connectivity index is 0.961. The van der Waals surface area contributed by atoms with E-state index in [1.807, 2.05) is 13.8 Å². The van der Waals surface area contributed by atoms with Crippen molar-refractivity contribution in [3.05, 3.63) is 29.3 Å². The van der Waals surface area contributed by atoms with E-state index in [0.29, 0.717) is 172 Å². The zero-order valence-corrected chi connectivity index (χ0v) is 39.6. The predicted molar refractivity (Wildman–Crippen MR) is 241 cm³/mol. The highest BCUT2D eigenvalue weighted by Crippen LogP contribution is 2.32. The molecule has 67 heavy (non-hydrogen) atoms. The molecule has 1 fully saturated rings. The standard InChI is InChI=1S/C46H75N3O18/c1-37(2)67-36-35-66-34-33-65-32-31-64-30-29-63-28-27-62-26-25-61-24-23-60-22-21-59-20-19-58-18-17-57-16-15-56-14-13-55-12-5-3-4-9-41(50)47-39-8-6-7-38-43(39)46(54)49(45(38)53)40-10-11-42(51)48-44(40)52/h6-8,37,40H,3-5,9-36H2,1-2H3,(H,47,50)(H,48,51,52). The van der Waals surface area contributed by atoms with Gasteiger partial charge in [0, 0.05) is 19.4 Å². The van der Waals surface area contributed by atoms with Crippen LogP contribution in [0.2, 0.25) is 0 Å². The van der Waals surface area contributed by atoms with Gasteiger partial charge in [-0.25, -0.2) is 0 Å². The zero-order valence-electron chi connectivity index (χ0n) is 39.6. The monoisotopic (exact) mass is 958 g/mol. The summed E-state index contributed by atoms with van der Waals surface area (Å²) in [6.45, 7) is 16.2. The molecule has 21 heteroatoms. The van der Waals surface area contributed by atoms with E-state index < -0.39 is 29.7 Å². The van der Waals surface area contributed by atoms with Crippen molar-refractivity contribution in [1.29, 1.82) is 0 Å². The van der Waals surface area contributed by atoms with Gasteiger partial charge in [0.1, 0.15) is 6.04 Å². The van der Waals surface area contributed by atoms with Crippen molar-refractivity contribution >= 4 is 35.2 Å². The van der Waals surface area contributed by atoms with E-state index >= 15 is 0 Å². The van der Waals surface area contributed by atoms with Crippen LogP contribution in [0.5, 0.6) is 0 Å². The second-order valence-corrected chi connectivity index (χ2v) is 15.3. The van der Waals surface area contributed by atoms with Crippen molar-refractivity contribution in [1.82, 2.24) is 10.2 Å². The third kappa shape index (κ3) is 26.7. The first-order valence-corrected chi connectivity index (χ1v) is 23.5. The molecule has 0 bridgehead atoms.